The molecule has 24 heavy (non-hydrogen) atoms. The van der Waals surface area contributed by atoms with Crippen LogP contribution >= 0.6 is 0 Å². The standard InChI is InChI=1S/C16H17F3O5/c1-3-5-22-14(20)9-23-13-7-11(4-2)6-12(8-13)15(21)24-10-16(17,18)19/h3,6-8H,1,4-5,9-10H2,2H3. The van der Waals surface area contributed by atoms with Crippen LogP contribution in [0.3, 0.4) is 0 Å². The molecular formula is C16H17F3O5. The number of alkyl halides is 3. The van der Waals surface area contributed by atoms with E-state index in [0.29, 0.717) is 12.0 Å². The van der Waals surface area contributed by atoms with Crippen LogP contribution in [0.15, 0.2) is 30.9 Å². The zero-order chi connectivity index (χ0) is 18.2. The summed E-state index contributed by atoms with van der Waals surface area (Å²) in [6.45, 7) is 3.14. The van der Waals surface area contributed by atoms with Crippen LogP contribution < -0.4 is 4.74 Å². The van der Waals surface area contributed by atoms with Crippen molar-refractivity contribution in [2.75, 3.05) is 19.8 Å². The molecule has 0 bridgehead atoms. The molecule has 0 spiro atoms. The van der Waals surface area contributed by atoms with E-state index in [1.165, 1.54) is 18.2 Å². The summed E-state index contributed by atoms with van der Waals surface area (Å²) in [6.07, 6.45) is -2.70. The number of aryl methyl sites for hydroxylation is 1. The molecule has 0 aliphatic heterocycles. The number of rotatable bonds is 8. The molecule has 0 radical (unpaired) electrons. The SMILES string of the molecule is C=CCOC(=O)COc1cc(CC)cc(C(=O)OCC(F)(F)F)c1. The van der Waals surface area contributed by atoms with E-state index in [0.717, 1.165) is 0 Å². The Morgan fingerprint density at radius 1 is 1.21 bits per heavy atom. The fourth-order valence-electron chi connectivity index (χ4n) is 1.63. The van der Waals surface area contributed by atoms with Crippen molar-refractivity contribution in [2.24, 2.45) is 0 Å². The van der Waals surface area contributed by atoms with Crippen molar-refractivity contribution < 1.29 is 37.0 Å². The second-order valence-corrected chi connectivity index (χ2v) is 4.67. The topological polar surface area (TPSA) is 61.8 Å². The smallest absolute Gasteiger partial charge is 0.422 e. The Kier molecular flexibility index (Phi) is 7.29. The molecule has 0 aliphatic rings. The maximum Gasteiger partial charge on any atom is 0.422 e. The molecule has 5 nitrogen and oxygen atoms in total. The minimum atomic E-state index is -4.60. The van der Waals surface area contributed by atoms with Gasteiger partial charge in [-0.15, -0.1) is 0 Å². The van der Waals surface area contributed by atoms with Crippen molar-refractivity contribution in [3.8, 4) is 5.75 Å². The quantitative estimate of drug-likeness (QED) is 0.535. The zero-order valence-electron chi connectivity index (χ0n) is 13.0. The van der Waals surface area contributed by atoms with Crippen molar-refractivity contribution in [3.63, 3.8) is 0 Å². The van der Waals surface area contributed by atoms with E-state index in [4.69, 9.17) is 9.47 Å². The molecule has 0 atom stereocenters. The van der Waals surface area contributed by atoms with Gasteiger partial charge in [-0.25, -0.2) is 9.59 Å². The van der Waals surface area contributed by atoms with Gasteiger partial charge in [0.25, 0.3) is 0 Å². The maximum atomic E-state index is 12.1. The zero-order valence-corrected chi connectivity index (χ0v) is 13.0. The van der Waals surface area contributed by atoms with Crippen LogP contribution in [0.4, 0.5) is 13.2 Å². The third-order valence-electron chi connectivity index (χ3n) is 2.70. The third kappa shape index (κ3) is 7.17. The van der Waals surface area contributed by atoms with Crippen LogP contribution in [-0.2, 0) is 20.7 Å². The molecule has 0 saturated carbocycles. The largest absolute Gasteiger partial charge is 0.482 e. The Labute approximate surface area is 137 Å². The van der Waals surface area contributed by atoms with Gasteiger partial charge in [0.1, 0.15) is 12.4 Å². The van der Waals surface area contributed by atoms with Gasteiger partial charge in [0.2, 0.25) is 0 Å². The lowest BCUT2D eigenvalue weighted by Crippen LogP contribution is -2.20. The van der Waals surface area contributed by atoms with Gasteiger partial charge >= 0.3 is 18.1 Å². The summed E-state index contributed by atoms with van der Waals surface area (Å²) in [6, 6.07) is 4.18. The van der Waals surface area contributed by atoms with E-state index < -0.39 is 31.3 Å². The molecule has 1 aromatic rings. The van der Waals surface area contributed by atoms with Crippen molar-refractivity contribution in [2.45, 2.75) is 19.5 Å². The molecule has 0 fully saturated rings. The van der Waals surface area contributed by atoms with E-state index in [2.05, 4.69) is 11.3 Å². The van der Waals surface area contributed by atoms with Gasteiger partial charge in [0.15, 0.2) is 13.2 Å². The average Bonchev–Trinajstić information content (AvgIpc) is 2.54. The minimum Gasteiger partial charge on any atom is -0.482 e. The number of carbonyl (C=O) groups excluding carboxylic acids is 2. The van der Waals surface area contributed by atoms with E-state index in [9.17, 15) is 22.8 Å². The number of carbonyl (C=O) groups is 2. The molecule has 0 aromatic heterocycles. The van der Waals surface area contributed by atoms with Gasteiger partial charge in [-0.2, -0.15) is 13.2 Å². The predicted octanol–water partition coefficient (Wildman–Crippen LogP) is 3.08. The summed E-state index contributed by atoms with van der Waals surface area (Å²) in [5, 5.41) is 0. The summed E-state index contributed by atoms with van der Waals surface area (Å²) >= 11 is 0. The lowest BCUT2D eigenvalue weighted by Gasteiger charge is -2.11. The molecule has 0 N–H and O–H groups in total. The number of benzene rings is 1. The third-order valence-corrected chi connectivity index (χ3v) is 2.70. The van der Waals surface area contributed by atoms with Crippen LogP contribution in [0.5, 0.6) is 5.75 Å². The summed E-state index contributed by atoms with van der Waals surface area (Å²) in [7, 11) is 0. The molecule has 0 aliphatic carbocycles. The lowest BCUT2D eigenvalue weighted by atomic mass is 10.1. The van der Waals surface area contributed by atoms with Gasteiger partial charge in [-0.05, 0) is 30.2 Å². The highest BCUT2D eigenvalue weighted by molar-refractivity contribution is 5.90. The van der Waals surface area contributed by atoms with Crippen molar-refractivity contribution in [1.82, 2.24) is 0 Å². The minimum absolute atomic E-state index is 0.0339. The van der Waals surface area contributed by atoms with E-state index in [1.807, 2.05) is 0 Å². The summed E-state index contributed by atoms with van der Waals surface area (Å²) < 4.78 is 50.5. The second kappa shape index (κ2) is 8.95. The van der Waals surface area contributed by atoms with E-state index in [1.54, 1.807) is 13.0 Å². The summed E-state index contributed by atoms with van der Waals surface area (Å²) in [4.78, 5) is 23.1. The second-order valence-electron chi connectivity index (χ2n) is 4.67. The first kappa shape index (κ1) is 19.5. The molecule has 132 valence electrons. The number of hydrogen-bond donors (Lipinski definition) is 0. The average molecular weight is 346 g/mol. The molecule has 1 rings (SSSR count). The normalized spacial score (nSPS) is 10.8. The Bertz CT molecular complexity index is 596. The van der Waals surface area contributed by atoms with Crippen LogP contribution in [0, 0.1) is 0 Å². The molecule has 0 amide bonds. The molecule has 0 saturated heterocycles. The van der Waals surface area contributed by atoms with E-state index in [-0.39, 0.29) is 17.9 Å². The van der Waals surface area contributed by atoms with Gasteiger partial charge in [-0.1, -0.05) is 19.6 Å². The van der Waals surface area contributed by atoms with Gasteiger partial charge < -0.3 is 14.2 Å². The highest BCUT2D eigenvalue weighted by Gasteiger charge is 2.30. The predicted molar refractivity (Wildman–Crippen MR) is 78.8 cm³/mol. The fraction of sp³-hybridized carbons (Fsp3) is 0.375. The van der Waals surface area contributed by atoms with Crippen molar-refractivity contribution >= 4 is 11.9 Å². The van der Waals surface area contributed by atoms with Crippen LogP contribution in [0.2, 0.25) is 0 Å². The van der Waals surface area contributed by atoms with Gasteiger partial charge in [0.05, 0.1) is 5.56 Å². The van der Waals surface area contributed by atoms with Crippen LogP contribution in [0.25, 0.3) is 0 Å². The highest BCUT2D eigenvalue weighted by Crippen LogP contribution is 2.20. The van der Waals surface area contributed by atoms with Crippen LogP contribution in [-0.4, -0.2) is 37.9 Å². The fourth-order valence-corrected chi connectivity index (χ4v) is 1.63. The lowest BCUT2D eigenvalue weighted by molar-refractivity contribution is -0.161. The summed E-state index contributed by atoms with van der Waals surface area (Å²) in [5.74, 6) is -1.61. The number of hydrogen-bond acceptors (Lipinski definition) is 5. The van der Waals surface area contributed by atoms with Crippen molar-refractivity contribution in [1.29, 1.82) is 0 Å². The van der Waals surface area contributed by atoms with Gasteiger partial charge in [-0.3, -0.25) is 0 Å². The molecule has 0 heterocycles. The van der Waals surface area contributed by atoms with E-state index >= 15 is 0 Å². The monoisotopic (exact) mass is 346 g/mol. The molecular weight excluding hydrogens is 329 g/mol. The van der Waals surface area contributed by atoms with Crippen molar-refractivity contribution in [3.05, 3.63) is 42.0 Å². The highest BCUT2D eigenvalue weighted by atomic mass is 19.4. The Morgan fingerprint density at radius 3 is 2.50 bits per heavy atom. The number of halogens is 3. The van der Waals surface area contributed by atoms with Gasteiger partial charge in [0, 0.05) is 0 Å². The Balaban J connectivity index is 2.78. The number of esters is 2. The molecule has 8 heteroatoms. The first-order valence-electron chi connectivity index (χ1n) is 7.02. The maximum absolute atomic E-state index is 12.1. The Morgan fingerprint density at radius 2 is 1.92 bits per heavy atom. The Hall–Kier alpha value is -2.51. The number of ether oxygens (including phenoxy) is 3. The molecule has 0 unspecified atom stereocenters. The first-order valence-corrected chi connectivity index (χ1v) is 7.02. The summed E-state index contributed by atoms with van der Waals surface area (Å²) in [5.41, 5.74) is 0.555. The molecule has 1 aromatic carbocycles. The first-order chi connectivity index (χ1) is 11.2. The van der Waals surface area contributed by atoms with Crippen LogP contribution in [0.1, 0.15) is 22.8 Å².